The van der Waals surface area contributed by atoms with Crippen LogP contribution in [0.3, 0.4) is 0 Å². The number of halogens is 2. The van der Waals surface area contributed by atoms with E-state index in [9.17, 15) is 18.4 Å². The van der Waals surface area contributed by atoms with Gasteiger partial charge in [-0.2, -0.15) is 8.78 Å². The molecule has 0 heterocycles. The monoisotopic (exact) mass is 364 g/mol. The molecular weight excluding hydrogens is 346 g/mol. The fraction of sp³-hybridized carbons (Fsp3) is 0.222. The third-order valence-corrected chi connectivity index (χ3v) is 3.37. The Balaban J connectivity index is 2.28. The normalized spacial score (nSPS) is 10.3. The molecule has 0 aliphatic rings. The van der Waals surface area contributed by atoms with E-state index in [-0.39, 0.29) is 23.0 Å². The van der Waals surface area contributed by atoms with Crippen LogP contribution in [0.25, 0.3) is 0 Å². The summed E-state index contributed by atoms with van der Waals surface area (Å²) in [5.41, 5.74) is 0.581. The van der Waals surface area contributed by atoms with E-state index in [2.05, 4.69) is 15.4 Å². The number of benzene rings is 2. The average Bonchev–Trinajstić information content (AvgIpc) is 2.61. The topological polar surface area (TPSA) is 76.7 Å². The van der Waals surface area contributed by atoms with Gasteiger partial charge >= 0.3 is 6.61 Å². The third kappa shape index (κ3) is 4.69. The van der Waals surface area contributed by atoms with Crippen molar-refractivity contribution in [1.82, 2.24) is 5.32 Å². The predicted molar refractivity (Wildman–Crippen MR) is 92.0 cm³/mol. The molecule has 26 heavy (non-hydrogen) atoms. The first-order valence-corrected chi connectivity index (χ1v) is 7.77. The van der Waals surface area contributed by atoms with Crippen LogP contribution in [0.15, 0.2) is 42.5 Å². The highest BCUT2D eigenvalue weighted by Crippen LogP contribution is 2.33. The number of amides is 2. The fourth-order valence-corrected chi connectivity index (χ4v) is 2.27. The van der Waals surface area contributed by atoms with Crippen molar-refractivity contribution in [2.75, 3.05) is 19.0 Å². The van der Waals surface area contributed by atoms with Gasteiger partial charge < -0.3 is 20.1 Å². The summed E-state index contributed by atoms with van der Waals surface area (Å²) in [6.45, 7) is -0.858. The highest BCUT2D eigenvalue weighted by molar-refractivity contribution is 6.07. The lowest BCUT2D eigenvalue weighted by molar-refractivity contribution is -0.0515. The zero-order valence-electron chi connectivity index (χ0n) is 14.2. The van der Waals surface area contributed by atoms with Gasteiger partial charge in [0, 0.05) is 17.8 Å². The van der Waals surface area contributed by atoms with Gasteiger partial charge in [0.25, 0.3) is 11.8 Å². The van der Waals surface area contributed by atoms with Gasteiger partial charge in [0.1, 0.15) is 0 Å². The second-order valence-electron chi connectivity index (χ2n) is 5.11. The van der Waals surface area contributed by atoms with Gasteiger partial charge in [-0.3, -0.25) is 9.59 Å². The van der Waals surface area contributed by atoms with Crippen molar-refractivity contribution in [2.45, 2.75) is 13.5 Å². The number of anilines is 1. The van der Waals surface area contributed by atoms with Crippen LogP contribution in [0.1, 0.15) is 27.6 Å². The lowest BCUT2D eigenvalue weighted by Crippen LogP contribution is -2.23. The smallest absolute Gasteiger partial charge is 0.387 e. The molecule has 0 saturated carbocycles. The number of ether oxygens (including phenoxy) is 2. The van der Waals surface area contributed by atoms with Crippen molar-refractivity contribution in [3.05, 3.63) is 53.6 Å². The molecule has 2 amide bonds. The Morgan fingerprint density at radius 3 is 2.50 bits per heavy atom. The largest absolute Gasteiger partial charge is 0.493 e. The number of carbonyl (C=O) groups excluding carboxylic acids is 2. The lowest BCUT2D eigenvalue weighted by Gasteiger charge is -2.14. The molecule has 0 saturated heterocycles. The van der Waals surface area contributed by atoms with E-state index < -0.39 is 12.5 Å². The number of rotatable bonds is 7. The maximum atomic E-state index is 12.7. The lowest BCUT2D eigenvalue weighted by atomic mass is 10.1. The number of nitrogens with one attached hydrogen (secondary N) is 2. The highest BCUT2D eigenvalue weighted by Gasteiger charge is 2.20. The Bertz CT molecular complexity index is 797. The molecule has 138 valence electrons. The van der Waals surface area contributed by atoms with Crippen molar-refractivity contribution < 1.29 is 27.8 Å². The van der Waals surface area contributed by atoms with Gasteiger partial charge in [-0.1, -0.05) is 12.1 Å². The van der Waals surface area contributed by atoms with Crippen LogP contribution in [0.5, 0.6) is 11.5 Å². The summed E-state index contributed by atoms with van der Waals surface area (Å²) in [5, 5.41) is 5.21. The molecule has 0 spiro atoms. The molecule has 2 aromatic rings. The SMILES string of the molecule is CCNC(=O)c1cccc(NC(=O)c2cccc(OC)c2OC(F)F)c1. The minimum Gasteiger partial charge on any atom is -0.493 e. The Kier molecular flexibility index (Phi) is 6.48. The molecule has 8 heteroatoms. The van der Waals surface area contributed by atoms with Crippen LogP contribution in [-0.2, 0) is 0 Å². The Morgan fingerprint density at radius 2 is 1.85 bits per heavy atom. The minimum atomic E-state index is -3.11. The first-order valence-electron chi connectivity index (χ1n) is 7.77. The zero-order chi connectivity index (χ0) is 19.1. The molecule has 2 aromatic carbocycles. The van der Waals surface area contributed by atoms with E-state index in [1.807, 2.05) is 0 Å². The predicted octanol–water partition coefficient (Wildman–Crippen LogP) is 3.30. The summed E-state index contributed by atoms with van der Waals surface area (Å²) in [7, 11) is 1.28. The molecule has 6 nitrogen and oxygen atoms in total. The summed E-state index contributed by atoms with van der Waals surface area (Å²) in [5.74, 6) is -1.31. The van der Waals surface area contributed by atoms with Crippen LogP contribution in [0.2, 0.25) is 0 Å². The summed E-state index contributed by atoms with van der Waals surface area (Å²) in [6.07, 6.45) is 0. The number of para-hydroxylation sites is 1. The van der Waals surface area contributed by atoms with Crippen molar-refractivity contribution in [3.63, 3.8) is 0 Å². The number of hydrogen-bond acceptors (Lipinski definition) is 4. The van der Waals surface area contributed by atoms with Crippen LogP contribution in [0.4, 0.5) is 14.5 Å². The van der Waals surface area contributed by atoms with E-state index in [0.717, 1.165) is 0 Å². The van der Waals surface area contributed by atoms with Crippen LogP contribution < -0.4 is 20.1 Å². The van der Waals surface area contributed by atoms with E-state index in [1.165, 1.54) is 31.4 Å². The summed E-state index contributed by atoms with van der Waals surface area (Å²) >= 11 is 0. The summed E-state index contributed by atoms with van der Waals surface area (Å²) < 4.78 is 34.7. The van der Waals surface area contributed by atoms with E-state index >= 15 is 0 Å². The standard InChI is InChI=1S/C18H18F2N2O4/c1-3-21-16(23)11-6-4-7-12(10-11)22-17(24)13-8-5-9-14(25-2)15(13)26-18(19)20/h4-10,18H,3H2,1-2H3,(H,21,23)(H,22,24). The van der Waals surface area contributed by atoms with Gasteiger partial charge in [0.05, 0.1) is 12.7 Å². The Labute approximate surface area is 149 Å². The third-order valence-electron chi connectivity index (χ3n) is 3.37. The van der Waals surface area contributed by atoms with Gasteiger partial charge in [0.2, 0.25) is 0 Å². The second kappa shape index (κ2) is 8.80. The molecular formula is C18H18F2N2O4. The summed E-state index contributed by atoms with van der Waals surface area (Å²) in [4.78, 5) is 24.4. The average molecular weight is 364 g/mol. The maximum absolute atomic E-state index is 12.7. The number of methoxy groups -OCH3 is 1. The maximum Gasteiger partial charge on any atom is 0.387 e. The second-order valence-corrected chi connectivity index (χ2v) is 5.11. The van der Waals surface area contributed by atoms with E-state index in [1.54, 1.807) is 25.1 Å². The molecule has 0 aliphatic heterocycles. The number of alkyl halides is 2. The highest BCUT2D eigenvalue weighted by atomic mass is 19.3. The van der Waals surface area contributed by atoms with Gasteiger partial charge in [-0.05, 0) is 37.3 Å². The minimum absolute atomic E-state index is 0.00836. The molecule has 2 rings (SSSR count). The number of carbonyl (C=O) groups is 2. The zero-order valence-corrected chi connectivity index (χ0v) is 14.2. The van der Waals surface area contributed by atoms with Crippen molar-refractivity contribution in [2.24, 2.45) is 0 Å². The molecule has 0 atom stereocenters. The first-order chi connectivity index (χ1) is 12.5. The van der Waals surface area contributed by atoms with Crippen LogP contribution >= 0.6 is 0 Å². The van der Waals surface area contributed by atoms with Gasteiger partial charge in [-0.25, -0.2) is 0 Å². The first kappa shape index (κ1) is 19.2. The molecule has 0 radical (unpaired) electrons. The van der Waals surface area contributed by atoms with E-state index in [4.69, 9.17) is 4.74 Å². The van der Waals surface area contributed by atoms with Crippen LogP contribution in [0, 0.1) is 0 Å². The van der Waals surface area contributed by atoms with Crippen molar-refractivity contribution >= 4 is 17.5 Å². The van der Waals surface area contributed by atoms with Crippen molar-refractivity contribution in [3.8, 4) is 11.5 Å². The van der Waals surface area contributed by atoms with Crippen LogP contribution in [-0.4, -0.2) is 32.1 Å². The molecule has 2 N–H and O–H groups in total. The Morgan fingerprint density at radius 1 is 1.12 bits per heavy atom. The molecule has 0 aromatic heterocycles. The van der Waals surface area contributed by atoms with Gasteiger partial charge in [0.15, 0.2) is 11.5 Å². The summed E-state index contributed by atoms with van der Waals surface area (Å²) in [6, 6.07) is 10.5. The number of hydrogen-bond donors (Lipinski definition) is 2. The van der Waals surface area contributed by atoms with Crippen molar-refractivity contribution in [1.29, 1.82) is 0 Å². The Hall–Kier alpha value is -3.16. The molecule has 0 aliphatic carbocycles. The molecule has 0 unspecified atom stereocenters. The molecule has 0 fully saturated rings. The fourth-order valence-electron chi connectivity index (χ4n) is 2.27. The molecule has 0 bridgehead atoms. The van der Waals surface area contributed by atoms with Gasteiger partial charge in [-0.15, -0.1) is 0 Å². The quantitative estimate of drug-likeness (QED) is 0.790. The van der Waals surface area contributed by atoms with E-state index in [0.29, 0.717) is 17.8 Å².